The summed E-state index contributed by atoms with van der Waals surface area (Å²) in [5.74, 6) is 3.80. The number of ether oxygens (including phenoxy) is 1. The van der Waals surface area contributed by atoms with E-state index in [9.17, 15) is 18.0 Å². The van der Waals surface area contributed by atoms with E-state index in [2.05, 4.69) is 10.2 Å². The van der Waals surface area contributed by atoms with E-state index in [0.29, 0.717) is 16.8 Å². The van der Waals surface area contributed by atoms with E-state index in [0.717, 1.165) is 42.6 Å². The zero-order valence-corrected chi connectivity index (χ0v) is 15.7. The van der Waals surface area contributed by atoms with Gasteiger partial charge in [0.25, 0.3) is 5.82 Å². The highest BCUT2D eigenvalue weighted by Gasteiger charge is 2.38. The number of nitrogens with two attached hydrogens (primary N) is 1. The van der Waals surface area contributed by atoms with E-state index in [1.54, 1.807) is 6.07 Å². The third kappa shape index (κ3) is 4.13. The first-order valence-electron chi connectivity index (χ1n) is 8.40. The number of rotatable bonds is 6. The van der Waals surface area contributed by atoms with Gasteiger partial charge in [-0.15, -0.1) is 10.2 Å². The molecule has 0 spiro atoms. The summed E-state index contributed by atoms with van der Waals surface area (Å²) in [5, 5.41) is 6.30. The van der Waals surface area contributed by atoms with Gasteiger partial charge in [-0.2, -0.15) is 13.2 Å². The van der Waals surface area contributed by atoms with Crippen LogP contribution in [0.1, 0.15) is 40.4 Å². The Bertz CT molecular complexity index is 840. The third-order valence-corrected chi connectivity index (χ3v) is 5.48. The second-order valence-corrected chi connectivity index (χ2v) is 7.36. The van der Waals surface area contributed by atoms with Crippen molar-refractivity contribution >= 4 is 17.5 Å². The quantitative estimate of drug-likeness (QED) is 0.453. The van der Waals surface area contributed by atoms with Crippen LogP contribution in [0, 0.1) is 13.8 Å². The Morgan fingerprint density at radius 3 is 2.74 bits per heavy atom. The number of nitrogens with zero attached hydrogens (tertiary/aromatic N) is 4. The molecule has 1 aliphatic rings. The normalized spacial score (nSPS) is 17.6. The molecule has 0 aromatic carbocycles. The predicted molar refractivity (Wildman–Crippen MR) is 93.1 cm³/mol. The smallest absolute Gasteiger partial charge is 0.376 e. The van der Waals surface area contributed by atoms with Crippen molar-refractivity contribution in [3.8, 4) is 0 Å². The van der Waals surface area contributed by atoms with Crippen LogP contribution in [0.5, 0.6) is 0 Å². The summed E-state index contributed by atoms with van der Waals surface area (Å²) in [6.45, 7) is 5.21. The minimum Gasteiger partial charge on any atom is -0.376 e. The largest absolute Gasteiger partial charge is 0.453 e. The fraction of sp³-hybridized carbons (Fsp3) is 0.562. The van der Waals surface area contributed by atoms with E-state index in [4.69, 9.17) is 10.6 Å². The number of hydrogen-bond acceptors (Lipinski definition) is 6. The highest BCUT2D eigenvalue weighted by molar-refractivity contribution is 7.99. The third-order valence-electron chi connectivity index (χ3n) is 4.53. The maximum atomic E-state index is 12.7. The summed E-state index contributed by atoms with van der Waals surface area (Å²) in [7, 11) is 0. The predicted octanol–water partition coefficient (Wildman–Crippen LogP) is 2.58. The second-order valence-electron chi connectivity index (χ2n) is 6.42. The number of halogens is 3. The second kappa shape index (κ2) is 7.55. The van der Waals surface area contributed by atoms with Gasteiger partial charge < -0.3 is 15.1 Å². The molecule has 1 fully saturated rings. The van der Waals surface area contributed by atoms with Crippen LogP contribution < -0.4 is 5.84 Å². The first-order chi connectivity index (χ1) is 12.7. The van der Waals surface area contributed by atoms with Gasteiger partial charge in [-0.3, -0.25) is 4.79 Å². The van der Waals surface area contributed by atoms with Gasteiger partial charge in [-0.05, 0) is 32.8 Å². The Labute approximate surface area is 158 Å². The zero-order valence-electron chi connectivity index (χ0n) is 14.9. The molecule has 0 radical (unpaired) electrons. The van der Waals surface area contributed by atoms with E-state index >= 15 is 0 Å². The molecule has 2 aromatic heterocycles. The number of Topliss-reactive ketones (excluding diaryl/α,β-unsaturated/α-hetero) is 1. The summed E-state index contributed by atoms with van der Waals surface area (Å²) in [4.78, 5) is 12.6. The fourth-order valence-corrected chi connectivity index (χ4v) is 3.87. The van der Waals surface area contributed by atoms with Crippen LogP contribution in [0.2, 0.25) is 0 Å². The molecule has 1 aliphatic heterocycles. The lowest BCUT2D eigenvalue weighted by atomic mass is 10.2. The van der Waals surface area contributed by atoms with Crippen LogP contribution in [-0.4, -0.2) is 43.7 Å². The number of ketones is 1. The molecule has 27 heavy (non-hydrogen) atoms. The fourth-order valence-electron chi connectivity index (χ4n) is 3.13. The van der Waals surface area contributed by atoms with E-state index in [1.165, 1.54) is 0 Å². The van der Waals surface area contributed by atoms with Crippen LogP contribution in [0.25, 0.3) is 0 Å². The Morgan fingerprint density at radius 2 is 2.15 bits per heavy atom. The SMILES string of the molecule is Cc1cc(C(=O)CSc2nnc(C(F)(F)F)n2N)c(C)n1C[C@H]1CCCO1. The number of nitrogen functional groups attached to an aromatic ring is 1. The first-order valence-corrected chi connectivity index (χ1v) is 9.39. The molecule has 3 rings (SSSR count). The van der Waals surface area contributed by atoms with Crippen LogP contribution in [0.15, 0.2) is 11.2 Å². The van der Waals surface area contributed by atoms with Crippen LogP contribution >= 0.6 is 11.8 Å². The summed E-state index contributed by atoms with van der Waals surface area (Å²) in [6.07, 6.45) is -2.53. The molecule has 2 aromatic rings. The van der Waals surface area contributed by atoms with Crippen molar-refractivity contribution in [2.45, 2.75) is 50.7 Å². The topological polar surface area (TPSA) is 88.0 Å². The first kappa shape index (κ1) is 19.7. The minimum absolute atomic E-state index is 0.0859. The summed E-state index contributed by atoms with van der Waals surface area (Å²) in [5.41, 5.74) is 2.30. The maximum absolute atomic E-state index is 12.7. The van der Waals surface area contributed by atoms with Gasteiger partial charge in [0.15, 0.2) is 5.78 Å². The van der Waals surface area contributed by atoms with Crippen LogP contribution in [0.3, 0.4) is 0 Å². The molecule has 1 saturated heterocycles. The van der Waals surface area contributed by atoms with Crippen molar-refractivity contribution in [2.24, 2.45) is 0 Å². The van der Waals surface area contributed by atoms with Gasteiger partial charge in [0, 0.05) is 30.1 Å². The van der Waals surface area contributed by atoms with Gasteiger partial charge in [-0.1, -0.05) is 11.8 Å². The van der Waals surface area contributed by atoms with Crippen molar-refractivity contribution in [2.75, 3.05) is 18.2 Å². The Balaban J connectivity index is 1.69. The maximum Gasteiger partial charge on any atom is 0.453 e. The molecule has 0 unspecified atom stereocenters. The molecule has 7 nitrogen and oxygen atoms in total. The summed E-state index contributed by atoms with van der Waals surface area (Å²) < 4.78 is 46.2. The van der Waals surface area contributed by atoms with E-state index < -0.39 is 12.0 Å². The Morgan fingerprint density at radius 1 is 1.41 bits per heavy atom. The van der Waals surface area contributed by atoms with Crippen molar-refractivity contribution in [1.82, 2.24) is 19.4 Å². The number of aryl methyl sites for hydroxylation is 1. The zero-order chi connectivity index (χ0) is 19.8. The molecule has 148 valence electrons. The van der Waals surface area contributed by atoms with Gasteiger partial charge >= 0.3 is 6.18 Å². The van der Waals surface area contributed by atoms with Gasteiger partial charge in [0.1, 0.15) is 0 Å². The lowest BCUT2D eigenvalue weighted by Gasteiger charge is -2.14. The molecule has 2 N–H and O–H groups in total. The van der Waals surface area contributed by atoms with Crippen molar-refractivity contribution < 1.29 is 22.7 Å². The molecule has 0 bridgehead atoms. The number of aromatic nitrogens is 4. The average molecular weight is 403 g/mol. The minimum atomic E-state index is -4.70. The number of thioether (sulfide) groups is 1. The van der Waals surface area contributed by atoms with Gasteiger partial charge in [0.2, 0.25) is 5.16 Å². The highest BCUT2D eigenvalue weighted by Crippen LogP contribution is 2.29. The van der Waals surface area contributed by atoms with Crippen molar-refractivity contribution in [3.05, 3.63) is 28.8 Å². The Hall–Kier alpha value is -2.01. The molecule has 1 atom stereocenters. The average Bonchev–Trinajstić information content (AvgIpc) is 3.29. The number of carbonyl (C=O) groups is 1. The molecule has 0 saturated carbocycles. The lowest BCUT2D eigenvalue weighted by Crippen LogP contribution is -2.21. The number of alkyl halides is 3. The lowest BCUT2D eigenvalue weighted by molar-refractivity contribution is -0.146. The Kier molecular flexibility index (Phi) is 5.52. The van der Waals surface area contributed by atoms with E-state index in [1.807, 2.05) is 18.4 Å². The highest BCUT2D eigenvalue weighted by atomic mass is 32.2. The summed E-state index contributed by atoms with van der Waals surface area (Å²) >= 11 is 0.825. The number of hydrogen-bond donors (Lipinski definition) is 1. The van der Waals surface area contributed by atoms with E-state index in [-0.39, 0.29) is 22.8 Å². The summed E-state index contributed by atoms with van der Waals surface area (Å²) in [6, 6.07) is 1.79. The number of carbonyl (C=O) groups excluding carboxylic acids is 1. The molecular formula is C16H20F3N5O2S. The standard InChI is InChI=1S/C16H20F3N5O2S/c1-9-6-12(10(2)23(9)7-11-4-3-5-26-11)13(25)8-27-15-22-21-14(24(15)20)16(17,18)19/h6,11H,3-5,7-8,20H2,1-2H3/t11-/m1/s1. The molecular weight excluding hydrogens is 383 g/mol. The molecule has 0 amide bonds. The monoisotopic (exact) mass is 403 g/mol. The van der Waals surface area contributed by atoms with Crippen molar-refractivity contribution in [3.63, 3.8) is 0 Å². The van der Waals surface area contributed by atoms with Crippen molar-refractivity contribution in [1.29, 1.82) is 0 Å². The van der Waals surface area contributed by atoms with Gasteiger partial charge in [-0.25, -0.2) is 4.68 Å². The molecule has 0 aliphatic carbocycles. The molecule has 3 heterocycles. The van der Waals surface area contributed by atoms with Crippen LogP contribution in [-0.2, 0) is 17.5 Å². The van der Waals surface area contributed by atoms with Gasteiger partial charge in [0.05, 0.1) is 11.9 Å². The molecule has 11 heteroatoms. The van der Waals surface area contributed by atoms with Crippen LogP contribution in [0.4, 0.5) is 13.2 Å².